The number of alkyl halides is 3. The van der Waals surface area contributed by atoms with E-state index in [0.29, 0.717) is 19.6 Å². The van der Waals surface area contributed by atoms with Crippen molar-refractivity contribution in [1.29, 1.82) is 0 Å². The molecule has 19 heavy (non-hydrogen) atoms. The van der Waals surface area contributed by atoms with Crippen LogP contribution in [0.15, 0.2) is 0 Å². The highest BCUT2D eigenvalue weighted by molar-refractivity contribution is 8.00. The van der Waals surface area contributed by atoms with Crippen LogP contribution >= 0.6 is 11.8 Å². The number of hydrogen-bond donors (Lipinski definition) is 2. The summed E-state index contributed by atoms with van der Waals surface area (Å²) in [6.07, 6.45) is 1.60. The molecule has 0 amide bonds. The Hall–Kier alpha value is -0.0300. The van der Waals surface area contributed by atoms with Crippen molar-refractivity contribution in [3.8, 4) is 0 Å². The molecule has 1 aliphatic rings. The summed E-state index contributed by atoms with van der Waals surface area (Å²) in [5.41, 5.74) is 1.18. The molecule has 0 bridgehead atoms. The van der Waals surface area contributed by atoms with Crippen LogP contribution in [0.1, 0.15) is 12.8 Å². The summed E-state index contributed by atoms with van der Waals surface area (Å²) in [5, 5.41) is 0. The topological polar surface area (TPSA) is 75.4 Å². The largest absolute Gasteiger partial charge is 0.441 e. The Morgan fingerprint density at radius 1 is 1.42 bits per heavy atom. The van der Waals surface area contributed by atoms with Gasteiger partial charge in [-0.3, -0.25) is 0 Å². The standard InChI is InChI=1S/C9H18F3N3O2S2/c10-9(11,12)18-5-3-14-19(16,17)15-4-1-2-8(6-13)7-15/h8,14H,1-7,13H2. The average Bonchev–Trinajstić information content (AvgIpc) is 2.34. The summed E-state index contributed by atoms with van der Waals surface area (Å²) in [4.78, 5) is 0. The van der Waals surface area contributed by atoms with Gasteiger partial charge in [-0.15, -0.1) is 0 Å². The molecule has 0 radical (unpaired) electrons. The molecule has 1 saturated heterocycles. The molecule has 1 fully saturated rings. The zero-order valence-electron chi connectivity index (χ0n) is 10.3. The Labute approximate surface area is 115 Å². The lowest BCUT2D eigenvalue weighted by atomic mass is 10.0. The molecule has 0 spiro atoms. The fraction of sp³-hybridized carbons (Fsp3) is 1.00. The van der Waals surface area contributed by atoms with Crippen molar-refractivity contribution in [3.05, 3.63) is 0 Å². The molecule has 1 rings (SSSR count). The fourth-order valence-corrected chi connectivity index (χ4v) is 3.75. The van der Waals surface area contributed by atoms with E-state index in [0.717, 1.165) is 12.8 Å². The van der Waals surface area contributed by atoms with Crippen molar-refractivity contribution >= 4 is 22.0 Å². The molecule has 5 nitrogen and oxygen atoms in total. The van der Waals surface area contributed by atoms with Crippen molar-refractivity contribution in [2.45, 2.75) is 18.3 Å². The molecule has 0 aromatic rings. The Morgan fingerprint density at radius 2 is 2.11 bits per heavy atom. The Morgan fingerprint density at radius 3 is 2.68 bits per heavy atom. The number of nitrogens with zero attached hydrogens (tertiary/aromatic N) is 1. The van der Waals surface area contributed by atoms with Crippen molar-refractivity contribution in [3.63, 3.8) is 0 Å². The van der Waals surface area contributed by atoms with Gasteiger partial charge in [0.05, 0.1) is 0 Å². The van der Waals surface area contributed by atoms with Crippen LogP contribution in [0.4, 0.5) is 13.2 Å². The lowest BCUT2D eigenvalue weighted by Gasteiger charge is -2.31. The third-order valence-corrected chi connectivity index (χ3v) is 5.12. The second-order valence-electron chi connectivity index (χ2n) is 4.30. The summed E-state index contributed by atoms with van der Waals surface area (Å²) < 4.78 is 62.8. The number of nitrogens with two attached hydrogens (primary N) is 1. The second kappa shape index (κ2) is 7.11. The number of rotatable bonds is 6. The minimum atomic E-state index is -4.33. The van der Waals surface area contributed by atoms with Gasteiger partial charge < -0.3 is 5.73 Å². The highest BCUT2D eigenvalue weighted by Crippen LogP contribution is 2.29. The predicted octanol–water partition coefficient (Wildman–Crippen LogP) is 0.745. The first-order valence-electron chi connectivity index (χ1n) is 5.90. The maximum absolute atomic E-state index is 11.9. The van der Waals surface area contributed by atoms with Gasteiger partial charge in [0.1, 0.15) is 0 Å². The quantitative estimate of drug-likeness (QED) is 0.708. The van der Waals surface area contributed by atoms with Gasteiger partial charge in [-0.1, -0.05) is 0 Å². The summed E-state index contributed by atoms with van der Waals surface area (Å²) >= 11 is -0.239. The van der Waals surface area contributed by atoms with Gasteiger partial charge in [0.2, 0.25) is 0 Å². The summed E-state index contributed by atoms with van der Waals surface area (Å²) in [5.74, 6) is -0.216. The molecular formula is C9H18F3N3O2S2. The van der Waals surface area contributed by atoms with E-state index in [-0.39, 0.29) is 30.0 Å². The first-order valence-corrected chi connectivity index (χ1v) is 8.32. The Balaban J connectivity index is 2.38. The normalized spacial score (nSPS) is 22.6. The van der Waals surface area contributed by atoms with Crippen LogP contribution in [0.25, 0.3) is 0 Å². The number of thioether (sulfide) groups is 1. The molecule has 1 atom stereocenters. The number of nitrogens with one attached hydrogen (secondary N) is 1. The SMILES string of the molecule is NCC1CCCN(S(=O)(=O)NCCSC(F)(F)F)C1. The van der Waals surface area contributed by atoms with Gasteiger partial charge in [0.25, 0.3) is 10.2 Å². The first-order chi connectivity index (χ1) is 8.74. The molecular weight excluding hydrogens is 303 g/mol. The minimum Gasteiger partial charge on any atom is -0.330 e. The molecule has 3 N–H and O–H groups in total. The first kappa shape index (κ1) is 17.0. The van der Waals surface area contributed by atoms with E-state index in [9.17, 15) is 21.6 Å². The lowest BCUT2D eigenvalue weighted by molar-refractivity contribution is -0.0327. The minimum absolute atomic E-state index is 0.120. The molecule has 10 heteroatoms. The second-order valence-corrected chi connectivity index (χ2v) is 7.21. The van der Waals surface area contributed by atoms with Crippen molar-refractivity contribution < 1.29 is 21.6 Å². The van der Waals surface area contributed by atoms with E-state index < -0.39 is 15.7 Å². The molecule has 1 heterocycles. The van der Waals surface area contributed by atoms with Gasteiger partial charge in [0.15, 0.2) is 0 Å². The Bertz CT molecular complexity index is 375. The van der Waals surface area contributed by atoms with E-state index >= 15 is 0 Å². The van der Waals surface area contributed by atoms with Gasteiger partial charge in [-0.25, -0.2) is 4.72 Å². The van der Waals surface area contributed by atoms with Crippen LogP contribution in [-0.2, 0) is 10.2 Å². The maximum atomic E-state index is 11.9. The van der Waals surface area contributed by atoms with Gasteiger partial charge in [-0.05, 0) is 37.1 Å². The molecule has 0 aliphatic carbocycles. The van der Waals surface area contributed by atoms with Crippen molar-refractivity contribution in [2.24, 2.45) is 11.7 Å². The van der Waals surface area contributed by atoms with Crippen LogP contribution in [0.2, 0.25) is 0 Å². The Kier molecular flexibility index (Phi) is 6.37. The summed E-state index contributed by atoms with van der Waals surface area (Å²) in [6, 6.07) is 0. The molecule has 0 saturated carbocycles. The monoisotopic (exact) mass is 321 g/mol. The fourth-order valence-electron chi connectivity index (χ4n) is 1.87. The van der Waals surface area contributed by atoms with Crippen molar-refractivity contribution in [2.75, 3.05) is 31.9 Å². The van der Waals surface area contributed by atoms with E-state index in [1.165, 1.54) is 4.31 Å². The van der Waals surface area contributed by atoms with E-state index in [2.05, 4.69) is 4.72 Å². The lowest BCUT2D eigenvalue weighted by Crippen LogP contribution is -2.47. The zero-order chi connectivity index (χ0) is 14.5. The molecule has 0 aromatic carbocycles. The molecule has 0 aromatic heterocycles. The smallest absolute Gasteiger partial charge is 0.330 e. The van der Waals surface area contributed by atoms with Crippen molar-refractivity contribution in [1.82, 2.24) is 9.03 Å². The van der Waals surface area contributed by atoms with Crippen LogP contribution in [0.3, 0.4) is 0 Å². The van der Waals surface area contributed by atoms with E-state index in [4.69, 9.17) is 5.73 Å². The third kappa shape index (κ3) is 6.30. The third-order valence-electron chi connectivity index (χ3n) is 2.81. The maximum Gasteiger partial charge on any atom is 0.441 e. The number of hydrogen-bond acceptors (Lipinski definition) is 4. The molecule has 114 valence electrons. The van der Waals surface area contributed by atoms with Crippen LogP contribution < -0.4 is 10.5 Å². The molecule has 1 unspecified atom stereocenters. The average molecular weight is 321 g/mol. The van der Waals surface area contributed by atoms with Crippen LogP contribution in [0.5, 0.6) is 0 Å². The summed E-state index contributed by atoms with van der Waals surface area (Å²) in [6.45, 7) is 0.892. The van der Waals surface area contributed by atoms with E-state index in [1.807, 2.05) is 0 Å². The highest BCUT2D eigenvalue weighted by Gasteiger charge is 2.30. The van der Waals surface area contributed by atoms with Gasteiger partial charge in [-0.2, -0.15) is 25.9 Å². The highest BCUT2D eigenvalue weighted by atomic mass is 32.2. The van der Waals surface area contributed by atoms with Crippen LogP contribution in [0, 0.1) is 5.92 Å². The van der Waals surface area contributed by atoms with Gasteiger partial charge >= 0.3 is 5.51 Å². The van der Waals surface area contributed by atoms with Gasteiger partial charge in [0, 0.05) is 25.4 Å². The number of halogens is 3. The summed E-state index contributed by atoms with van der Waals surface area (Å²) in [7, 11) is -3.70. The molecule has 1 aliphatic heterocycles. The number of piperidine rings is 1. The van der Waals surface area contributed by atoms with E-state index in [1.54, 1.807) is 0 Å². The predicted molar refractivity (Wildman–Crippen MR) is 68.8 cm³/mol. The zero-order valence-corrected chi connectivity index (χ0v) is 12.0. The van der Waals surface area contributed by atoms with Crippen LogP contribution in [-0.4, -0.2) is 50.2 Å².